The van der Waals surface area contributed by atoms with Crippen molar-refractivity contribution in [3.05, 3.63) is 6.42 Å². The Hall–Kier alpha value is 0.922. The van der Waals surface area contributed by atoms with E-state index in [0.29, 0.717) is 0 Å². The van der Waals surface area contributed by atoms with E-state index in [4.69, 9.17) is 0 Å². The van der Waals surface area contributed by atoms with Crippen LogP contribution < -0.4 is 0 Å². The van der Waals surface area contributed by atoms with Crippen molar-refractivity contribution in [2.45, 2.75) is 33.1 Å². The van der Waals surface area contributed by atoms with Crippen molar-refractivity contribution >= 4 is 0 Å². The van der Waals surface area contributed by atoms with Gasteiger partial charge in [0.2, 0.25) is 0 Å². The van der Waals surface area contributed by atoms with Crippen molar-refractivity contribution in [3.8, 4) is 0 Å². The van der Waals surface area contributed by atoms with Gasteiger partial charge in [-0.25, -0.2) is 0 Å². The van der Waals surface area contributed by atoms with Gasteiger partial charge in [-0.05, 0) is 0 Å². The molecule has 0 rings (SSSR count). The minimum atomic E-state index is 0. The summed E-state index contributed by atoms with van der Waals surface area (Å²) < 4.78 is 0. The quantitative estimate of drug-likeness (QED) is 0.370. The maximum absolute atomic E-state index is 2.21. The first kappa shape index (κ1) is 10.8. The molecule has 0 aromatic heterocycles. The maximum Gasteiger partial charge on any atom is 0 e. The van der Waals surface area contributed by atoms with Crippen molar-refractivity contribution in [2.75, 3.05) is 0 Å². The molecule has 1 heteroatoms. The molecular weight excluding hydrogens is 184 g/mol. The van der Waals surface area contributed by atoms with E-state index in [-0.39, 0.29) is 27.3 Å². The van der Waals surface area contributed by atoms with Crippen LogP contribution in [-0.2, 0) is 27.3 Å². The summed E-state index contributed by atoms with van der Waals surface area (Å²) in [5.41, 5.74) is 0. The third-order valence-corrected chi connectivity index (χ3v) is 0.846. The Morgan fingerprint density at radius 3 is 2.14 bits per heavy atom. The molecule has 0 N–H and O–H groups in total. The molecule has 0 saturated carbocycles. The number of hydrogen-bond donors (Lipinski definition) is 0. The first-order valence-electron chi connectivity index (χ1n) is 2.69. The molecule has 7 heavy (non-hydrogen) atoms. The van der Waals surface area contributed by atoms with Gasteiger partial charge in [0.1, 0.15) is 0 Å². The minimum Gasteiger partial charge on any atom is -0.332 e. The van der Waals surface area contributed by atoms with Crippen LogP contribution in [0.25, 0.3) is 0 Å². The van der Waals surface area contributed by atoms with E-state index in [0.717, 1.165) is 0 Å². The van der Waals surface area contributed by atoms with Crippen molar-refractivity contribution in [1.29, 1.82) is 0 Å². The Bertz CT molecular complexity index is 16.1. The fourth-order valence-corrected chi connectivity index (χ4v) is 0.408. The van der Waals surface area contributed by atoms with Crippen LogP contribution in [0.5, 0.6) is 0 Å². The Kier molecular flexibility index (Phi) is 15.5. The molecule has 0 heterocycles. The summed E-state index contributed by atoms with van der Waals surface area (Å²) in [6.07, 6.45) is 6.18. The van der Waals surface area contributed by atoms with Crippen LogP contribution in [0.15, 0.2) is 0 Å². The van der Waals surface area contributed by atoms with Crippen molar-refractivity contribution in [2.24, 2.45) is 0 Å². The fourth-order valence-electron chi connectivity index (χ4n) is 0.408. The van der Waals surface area contributed by atoms with Gasteiger partial charge in [0.05, 0.1) is 0 Å². The average molecular weight is 198 g/mol. The molecule has 0 nitrogen and oxygen atoms in total. The second-order valence-corrected chi connectivity index (χ2v) is 1.55. The summed E-state index contributed by atoms with van der Waals surface area (Å²) in [6.45, 7) is 4.32. The zero-order chi connectivity index (χ0) is 4.83. The summed E-state index contributed by atoms with van der Waals surface area (Å²) in [4.78, 5) is 0. The summed E-state index contributed by atoms with van der Waals surface area (Å²) in [5, 5.41) is 0. The maximum atomic E-state index is 2.21. The first-order chi connectivity index (χ1) is 2.91. The van der Waals surface area contributed by atoms with E-state index in [9.17, 15) is 0 Å². The van der Waals surface area contributed by atoms with Crippen LogP contribution in [0.2, 0.25) is 0 Å². The van der Waals surface area contributed by atoms with Crippen molar-refractivity contribution in [1.82, 2.24) is 0 Å². The van der Waals surface area contributed by atoms with E-state index in [2.05, 4.69) is 20.3 Å². The number of rotatable bonds is 3. The van der Waals surface area contributed by atoms with E-state index in [1.165, 1.54) is 19.3 Å². The van der Waals surface area contributed by atoms with Crippen LogP contribution >= 0.6 is 0 Å². The second kappa shape index (κ2) is 10.0. The molecule has 0 spiro atoms. The molecule has 0 aliphatic heterocycles. The average Bonchev–Trinajstić information content (AvgIpc) is 1.61. The SMILES string of the molecule is C[CH-]CCCC.[Cd]. The van der Waals surface area contributed by atoms with Crippen LogP contribution in [0, 0.1) is 6.42 Å². The van der Waals surface area contributed by atoms with E-state index < -0.39 is 0 Å². The van der Waals surface area contributed by atoms with E-state index in [1.807, 2.05) is 0 Å². The second-order valence-electron chi connectivity index (χ2n) is 1.55. The van der Waals surface area contributed by atoms with Crippen molar-refractivity contribution in [3.63, 3.8) is 0 Å². The predicted molar refractivity (Wildman–Crippen MR) is 29.5 cm³/mol. The molecule has 0 saturated heterocycles. The molecule has 0 aliphatic rings. The standard InChI is InChI=1S/C6H13.Cd/c1-3-5-6-4-2;/h3H,4-6H2,1-2H3;/q-1;. The largest absolute Gasteiger partial charge is 0.332 e. The monoisotopic (exact) mass is 199 g/mol. The Morgan fingerprint density at radius 1 is 1.43 bits per heavy atom. The molecule has 0 aliphatic carbocycles. The minimum absolute atomic E-state index is 0. The smallest absolute Gasteiger partial charge is 0 e. The third kappa shape index (κ3) is 10.9. The van der Waals surface area contributed by atoms with Crippen LogP contribution in [-0.4, -0.2) is 0 Å². The van der Waals surface area contributed by atoms with Gasteiger partial charge >= 0.3 is 0 Å². The predicted octanol–water partition coefficient (Wildman–Crippen LogP) is 2.40. The normalized spacial score (nSPS) is 7.71. The van der Waals surface area contributed by atoms with Gasteiger partial charge < -0.3 is 6.42 Å². The molecule has 0 atom stereocenters. The molecule has 0 aromatic rings. The topological polar surface area (TPSA) is 0 Å². The summed E-state index contributed by atoms with van der Waals surface area (Å²) in [6, 6.07) is 0. The van der Waals surface area contributed by atoms with Gasteiger partial charge in [-0.15, -0.1) is 0 Å². The molecule has 0 bridgehead atoms. The molecule has 0 fully saturated rings. The van der Waals surface area contributed by atoms with Gasteiger partial charge in [-0.2, -0.15) is 13.3 Å². The fraction of sp³-hybridized carbons (Fsp3) is 0.833. The van der Waals surface area contributed by atoms with Crippen molar-refractivity contribution < 1.29 is 27.3 Å². The van der Waals surface area contributed by atoms with Gasteiger partial charge in [0.25, 0.3) is 0 Å². The summed E-state index contributed by atoms with van der Waals surface area (Å²) in [5.74, 6) is 0. The Morgan fingerprint density at radius 2 is 2.00 bits per heavy atom. The Labute approximate surface area is 66.8 Å². The van der Waals surface area contributed by atoms with Crippen LogP contribution in [0.1, 0.15) is 33.1 Å². The van der Waals surface area contributed by atoms with E-state index in [1.54, 1.807) is 0 Å². The summed E-state index contributed by atoms with van der Waals surface area (Å²) in [7, 11) is 0. The molecule has 0 radical (unpaired) electrons. The molecule has 0 amide bonds. The molecule has 0 aromatic carbocycles. The zero-order valence-electron chi connectivity index (χ0n) is 5.41. The number of hydrogen-bond acceptors (Lipinski definition) is 0. The zero-order valence-corrected chi connectivity index (χ0v) is 9.44. The Balaban J connectivity index is 0. The van der Waals surface area contributed by atoms with Crippen LogP contribution in [0.3, 0.4) is 0 Å². The van der Waals surface area contributed by atoms with Gasteiger partial charge in [0, 0.05) is 27.3 Å². The number of unbranched alkanes of at least 4 members (excludes halogenated alkanes) is 3. The van der Waals surface area contributed by atoms with Gasteiger partial charge in [-0.3, -0.25) is 0 Å². The first-order valence-corrected chi connectivity index (χ1v) is 2.69. The van der Waals surface area contributed by atoms with Crippen LogP contribution in [0.4, 0.5) is 0 Å². The molecular formula is C6H13Cd-. The van der Waals surface area contributed by atoms with E-state index >= 15 is 0 Å². The van der Waals surface area contributed by atoms with Gasteiger partial charge in [-0.1, -0.05) is 19.8 Å². The van der Waals surface area contributed by atoms with Gasteiger partial charge in [0.15, 0.2) is 0 Å². The third-order valence-electron chi connectivity index (χ3n) is 0.846. The molecule has 0 unspecified atom stereocenters. The summed E-state index contributed by atoms with van der Waals surface area (Å²) >= 11 is 0. The molecule has 40 valence electrons.